The fourth-order valence-corrected chi connectivity index (χ4v) is 8.30. The highest BCUT2D eigenvalue weighted by Gasteiger charge is 2.20. The third kappa shape index (κ3) is 13.8. The number of hydrogen-bond acceptors (Lipinski definition) is 13. The van der Waals surface area contributed by atoms with Gasteiger partial charge in [0.2, 0.25) is 23.4 Å². The molecule has 0 spiro atoms. The van der Waals surface area contributed by atoms with Gasteiger partial charge in [-0.2, -0.15) is 9.97 Å². The summed E-state index contributed by atoms with van der Waals surface area (Å²) in [5.41, 5.74) is 8.32. The zero-order chi connectivity index (χ0) is 45.0. The van der Waals surface area contributed by atoms with Gasteiger partial charge >= 0.3 is 8.25 Å². The first-order valence-electron chi connectivity index (χ1n) is 22.9. The molecule has 2 N–H and O–H groups in total. The summed E-state index contributed by atoms with van der Waals surface area (Å²) in [6.45, 7) is 3.25. The molecule has 4 aromatic carbocycles. The molecule has 0 fully saturated rings. The highest BCUT2D eigenvalue weighted by molar-refractivity contribution is 7.33. The van der Waals surface area contributed by atoms with Crippen molar-refractivity contribution in [3.05, 3.63) is 168 Å². The number of hydrogen-bond donors (Lipinski definition) is 2. The van der Waals surface area contributed by atoms with Gasteiger partial charge in [0.15, 0.2) is 0 Å². The maximum absolute atomic E-state index is 12.4. The maximum Gasteiger partial charge on any atom is 0.697 e. The van der Waals surface area contributed by atoms with Crippen LogP contribution < -0.4 is 10.6 Å². The Bertz CT molecular complexity index is 2470. The van der Waals surface area contributed by atoms with E-state index in [0.717, 1.165) is 96.3 Å². The van der Waals surface area contributed by atoms with Crippen molar-refractivity contribution in [3.8, 4) is 45.4 Å². The molecule has 0 radical (unpaired) electrons. The van der Waals surface area contributed by atoms with E-state index in [-0.39, 0.29) is 0 Å². The summed E-state index contributed by atoms with van der Waals surface area (Å²) in [5.74, 6) is 3.82. The molecule has 8 aromatic rings. The molecule has 0 aliphatic heterocycles. The Morgan fingerprint density at radius 2 is 0.924 bits per heavy atom. The van der Waals surface area contributed by atoms with Crippen LogP contribution in [0.1, 0.15) is 72.6 Å². The minimum atomic E-state index is -2.20. The number of nitrogens with one attached hydrogen (secondary N) is 2. The van der Waals surface area contributed by atoms with Crippen LogP contribution in [-0.2, 0) is 52.4 Å². The van der Waals surface area contributed by atoms with E-state index in [9.17, 15) is 4.57 Å². The maximum atomic E-state index is 12.4. The molecule has 0 aliphatic carbocycles. The van der Waals surface area contributed by atoms with E-state index in [1.807, 2.05) is 48.5 Å². The van der Waals surface area contributed by atoms with Gasteiger partial charge in [-0.3, -0.25) is 0 Å². The Morgan fingerprint density at radius 1 is 0.470 bits per heavy atom. The van der Waals surface area contributed by atoms with Crippen molar-refractivity contribution >= 4 is 8.25 Å². The van der Waals surface area contributed by atoms with Crippen molar-refractivity contribution in [2.24, 2.45) is 0 Å². The topological polar surface area (TPSA) is 164 Å². The summed E-state index contributed by atoms with van der Waals surface area (Å²) in [6.07, 6.45) is 12.2. The van der Waals surface area contributed by atoms with Crippen LogP contribution in [0.2, 0.25) is 0 Å². The zero-order valence-electron chi connectivity index (χ0n) is 37.1. The fourth-order valence-electron chi connectivity index (χ4n) is 7.67. The van der Waals surface area contributed by atoms with Crippen molar-refractivity contribution in [2.45, 2.75) is 77.3 Å². The van der Waals surface area contributed by atoms with E-state index in [0.29, 0.717) is 75.7 Å². The van der Waals surface area contributed by atoms with Gasteiger partial charge in [-0.05, 0) is 135 Å². The van der Waals surface area contributed by atoms with Crippen LogP contribution in [0.15, 0.2) is 152 Å². The van der Waals surface area contributed by atoms with Gasteiger partial charge in [0.1, 0.15) is 24.7 Å². The van der Waals surface area contributed by atoms with Crippen molar-refractivity contribution in [3.63, 3.8) is 0 Å². The van der Waals surface area contributed by atoms with Gasteiger partial charge in [0.05, 0.1) is 12.5 Å². The van der Waals surface area contributed by atoms with Crippen LogP contribution >= 0.6 is 8.25 Å². The van der Waals surface area contributed by atoms with Crippen molar-refractivity contribution in [1.82, 2.24) is 30.9 Å². The zero-order valence-corrected chi connectivity index (χ0v) is 38.0. The smallest absolute Gasteiger partial charge is 0.464 e. The average molecular weight is 908 g/mol. The third-order valence-corrected chi connectivity index (χ3v) is 11.9. The molecule has 0 aliphatic rings. The summed E-state index contributed by atoms with van der Waals surface area (Å²) in [6, 6.07) is 40.9. The van der Waals surface area contributed by atoms with E-state index in [1.165, 1.54) is 11.1 Å². The predicted molar refractivity (Wildman–Crippen MR) is 253 cm³/mol. The SMILES string of the molecule is O=[P+](OCCCNCc1ccc(-c2noc(CCCCc3ccccc3)n2)c(-c2ccco2)c1)OCCCNCc1ccc(-c2noc(CCCCc3ccccc3)n2)c(-c2ccco2)c1. The van der Waals surface area contributed by atoms with Crippen LogP contribution in [0.25, 0.3) is 45.4 Å². The second kappa shape index (κ2) is 24.8. The summed E-state index contributed by atoms with van der Waals surface area (Å²) in [7, 11) is -2.20. The average Bonchev–Trinajstić information content (AvgIpc) is 4.22. The largest absolute Gasteiger partial charge is 0.697 e. The van der Waals surface area contributed by atoms with Crippen LogP contribution in [0.4, 0.5) is 0 Å². The fraction of sp³-hybridized carbons (Fsp3) is 0.308. The number of unbranched alkanes of at least 4 members (excludes halogenated alkanes) is 2. The molecular formula is C52H56N6O7P+. The quantitative estimate of drug-likeness (QED) is 0.0353. The molecule has 0 unspecified atom stereocenters. The Labute approximate surface area is 386 Å². The number of aryl methyl sites for hydroxylation is 4. The molecule has 0 saturated carbocycles. The minimum Gasteiger partial charge on any atom is -0.464 e. The summed E-state index contributed by atoms with van der Waals surface area (Å²) < 4.78 is 46.2. The van der Waals surface area contributed by atoms with Gasteiger partial charge in [-0.1, -0.05) is 83.1 Å². The highest BCUT2D eigenvalue weighted by atomic mass is 31.1. The lowest BCUT2D eigenvalue weighted by atomic mass is 10.0. The molecule has 4 heterocycles. The monoisotopic (exact) mass is 907 g/mol. The van der Waals surface area contributed by atoms with E-state index in [4.69, 9.17) is 36.9 Å². The molecule has 0 amide bonds. The molecule has 340 valence electrons. The molecule has 13 nitrogen and oxygen atoms in total. The van der Waals surface area contributed by atoms with Crippen molar-refractivity contribution in [2.75, 3.05) is 26.3 Å². The Kier molecular flexibility index (Phi) is 17.4. The van der Waals surface area contributed by atoms with Crippen molar-refractivity contribution < 1.29 is 31.5 Å². The second-order valence-electron chi connectivity index (χ2n) is 16.1. The number of benzene rings is 4. The molecular weight excluding hydrogens is 852 g/mol. The van der Waals surface area contributed by atoms with Crippen LogP contribution in [-0.4, -0.2) is 46.6 Å². The molecule has 0 atom stereocenters. The second-order valence-corrected chi connectivity index (χ2v) is 17.0. The molecule has 0 bridgehead atoms. The van der Waals surface area contributed by atoms with E-state index >= 15 is 0 Å². The first-order chi connectivity index (χ1) is 32.6. The van der Waals surface area contributed by atoms with Crippen molar-refractivity contribution in [1.29, 1.82) is 0 Å². The summed E-state index contributed by atoms with van der Waals surface area (Å²) in [5, 5.41) is 15.5. The van der Waals surface area contributed by atoms with Crippen LogP contribution in [0.5, 0.6) is 0 Å². The lowest BCUT2D eigenvalue weighted by Gasteiger charge is -2.09. The third-order valence-electron chi connectivity index (χ3n) is 11.1. The van der Waals surface area contributed by atoms with Gasteiger partial charge in [0.25, 0.3) is 0 Å². The lowest BCUT2D eigenvalue weighted by Crippen LogP contribution is -2.16. The standard InChI is InChI=1S/C52H56N6O7P/c59-66(62-33-13-29-53-37-41-25-27-43(45(35-41)47-21-11-31-60-47)51-55-49(64-57-51)23-9-7-19-39-15-3-1-4-16-39)63-34-14-30-54-38-42-26-28-44(46(36-42)48-22-12-32-61-48)52-56-50(65-58-52)24-10-8-20-40-17-5-2-6-18-40/h1-6,11-12,15-18,21-22,25-28,31-32,35-36,53-54H,7-10,13-14,19-20,23-24,29-30,33-34,37-38H2/q+1. The first-order valence-corrected chi connectivity index (χ1v) is 24.0. The van der Waals surface area contributed by atoms with E-state index < -0.39 is 8.25 Å². The lowest BCUT2D eigenvalue weighted by molar-refractivity contribution is 0.220. The Hall–Kier alpha value is -6.34. The van der Waals surface area contributed by atoms with E-state index in [1.54, 1.807) is 12.5 Å². The summed E-state index contributed by atoms with van der Waals surface area (Å²) in [4.78, 5) is 9.43. The normalized spacial score (nSPS) is 11.4. The predicted octanol–water partition coefficient (Wildman–Crippen LogP) is 11.8. The van der Waals surface area contributed by atoms with Crippen LogP contribution in [0, 0.1) is 0 Å². The number of aromatic nitrogens is 4. The minimum absolute atomic E-state index is 0.317. The number of furan rings is 2. The first kappa shape index (κ1) is 46.2. The molecule has 14 heteroatoms. The van der Waals surface area contributed by atoms with Gasteiger partial charge in [-0.25, -0.2) is 0 Å². The molecule has 8 rings (SSSR count). The summed E-state index contributed by atoms with van der Waals surface area (Å²) >= 11 is 0. The van der Waals surface area contributed by atoms with Gasteiger partial charge in [0, 0.05) is 52.8 Å². The molecule has 0 saturated heterocycles. The molecule has 4 aromatic heterocycles. The number of rotatable bonds is 28. The highest BCUT2D eigenvalue weighted by Crippen LogP contribution is 2.34. The molecule has 66 heavy (non-hydrogen) atoms. The van der Waals surface area contributed by atoms with E-state index in [2.05, 4.69) is 93.7 Å². The number of nitrogens with zero attached hydrogens (tertiary/aromatic N) is 4. The van der Waals surface area contributed by atoms with Gasteiger partial charge < -0.3 is 28.5 Å². The van der Waals surface area contributed by atoms with Crippen LogP contribution in [0.3, 0.4) is 0 Å². The Balaban J connectivity index is 0.708. The Morgan fingerprint density at radius 3 is 1.36 bits per heavy atom. The van der Waals surface area contributed by atoms with Gasteiger partial charge in [-0.15, -0.1) is 9.05 Å².